The van der Waals surface area contributed by atoms with Gasteiger partial charge in [0.15, 0.2) is 5.96 Å². The van der Waals surface area contributed by atoms with Gasteiger partial charge in [-0.25, -0.2) is 0 Å². The minimum atomic E-state index is 0. The fraction of sp³-hybridized carbons (Fsp3) is 0.450. The second-order valence-electron chi connectivity index (χ2n) is 6.37. The summed E-state index contributed by atoms with van der Waals surface area (Å²) in [6, 6.07) is 10.5. The van der Waals surface area contributed by atoms with E-state index in [1.54, 1.807) is 0 Å². The summed E-state index contributed by atoms with van der Waals surface area (Å²) >= 11 is 0. The van der Waals surface area contributed by atoms with E-state index in [0.717, 1.165) is 55.8 Å². The molecule has 1 unspecified atom stereocenters. The third kappa shape index (κ3) is 5.40. The quantitative estimate of drug-likeness (QED) is 0.382. The van der Waals surface area contributed by atoms with E-state index in [9.17, 15) is 0 Å². The summed E-state index contributed by atoms with van der Waals surface area (Å²) < 4.78 is 11.2. The second kappa shape index (κ2) is 9.85. The second-order valence-corrected chi connectivity index (χ2v) is 6.37. The van der Waals surface area contributed by atoms with Gasteiger partial charge in [0, 0.05) is 19.5 Å². The van der Waals surface area contributed by atoms with Crippen LogP contribution in [0.3, 0.4) is 0 Å². The Morgan fingerprint density at radius 3 is 2.85 bits per heavy atom. The summed E-state index contributed by atoms with van der Waals surface area (Å²) in [5.74, 6) is 3.69. The summed E-state index contributed by atoms with van der Waals surface area (Å²) in [7, 11) is 0. The van der Waals surface area contributed by atoms with Crippen molar-refractivity contribution < 1.29 is 9.15 Å². The van der Waals surface area contributed by atoms with Gasteiger partial charge in [-0.3, -0.25) is 4.99 Å². The number of halogens is 1. The van der Waals surface area contributed by atoms with Crippen LogP contribution in [0.5, 0.6) is 5.75 Å². The molecule has 2 N–H and O–H groups in total. The zero-order valence-corrected chi connectivity index (χ0v) is 18.0. The van der Waals surface area contributed by atoms with E-state index in [2.05, 4.69) is 42.7 Å². The van der Waals surface area contributed by atoms with Crippen LogP contribution >= 0.6 is 24.0 Å². The number of hydrogen-bond acceptors (Lipinski definition) is 3. The van der Waals surface area contributed by atoms with Crippen molar-refractivity contribution in [1.82, 2.24) is 10.6 Å². The van der Waals surface area contributed by atoms with Crippen molar-refractivity contribution in [2.45, 2.75) is 39.7 Å². The first kappa shape index (κ1) is 20.6. The number of nitrogens with one attached hydrogen (secondary N) is 2. The maximum absolute atomic E-state index is 5.68. The minimum Gasteiger partial charge on any atom is -0.493 e. The molecule has 0 radical (unpaired) electrons. The van der Waals surface area contributed by atoms with Crippen molar-refractivity contribution in [2.75, 3.05) is 19.7 Å². The van der Waals surface area contributed by atoms with Crippen molar-refractivity contribution >= 4 is 29.9 Å². The molecule has 1 aliphatic heterocycles. The number of fused-ring (bicyclic) bond motifs is 1. The topological polar surface area (TPSA) is 58.8 Å². The zero-order valence-electron chi connectivity index (χ0n) is 15.7. The van der Waals surface area contributed by atoms with Crippen molar-refractivity contribution in [3.63, 3.8) is 0 Å². The molecule has 3 rings (SSSR count). The monoisotopic (exact) mass is 469 g/mol. The maximum atomic E-state index is 5.68. The molecule has 1 aromatic heterocycles. The largest absolute Gasteiger partial charge is 0.493 e. The number of benzene rings is 1. The predicted octanol–water partition coefficient (Wildman–Crippen LogP) is 4.00. The average Bonchev–Trinajstić information content (AvgIpc) is 3.23. The third-order valence-electron chi connectivity index (χ3n) is 4.31. The lowest BCUT2D eigenvalue weighted by Crippen LogP contribution is -2.38. The number of ether oxygens (including phenoxy) is 1. The molecule has 5 nitrogen and oxygen atoms in total. The lowest BCUT2D eigenvalue weighted by Gasteiger charge is -2.16. The normalized spacial score (nSPS) is 14.2. The van der Waals surface area contributed by atoms with E-state index >= 15 is 0 Å². The predicted molar refractivity (Wildman–Crippen MR) is 116 cm³/mol. The van der Waals surface area contributed by atoms with Gasteiger partial charge in [-0.15, -0.1) is 24.0 Å². The van der Waals surface area contributed by atoms with Gasteiger partial charge in [0.1, 0.15) is 17.3 Å². The average molecular weight is 469 g/mol. The van der Waals surface area contributed by atoms with E-state index in [4.69, 9.17) is 14.1 Å². The molecule has 142 valence electrons. The number of guanidine groups is 1. The molecule has 0 aliphatic carbocycles. The smallest absolute Gasteiger partial charge is 0.191 e. The third-order valence-corrected chi connectivity index (χ3v) is 4.31. The summed E-state index contributed by atoms with van der Waals surface area (Å²) in [5.41, 5.74) is 2.62. The highest BCUT2D eigenvalue weighted by Gasteiger charge is 2.13. The van der Waals surface area contributed by atoms with Crippen LogP contribution in [-0.2, 0) is 12.8 Å². The number of rotatable bonds is 6. The van der Waals surface area contributed by atoms with Crippen LogP contribution < -0.4 is 15.4 Å². The minimum absolute atomic E-state index is 0. The van der Waals surface area contributed by atoms with Gasteiger partial charge in [0.2, 0.25) is 0 Å². The Morgan fingerprint density at radius 1 is 1.27 bits per heavy atom. The number of nitrogens with zero attached hydrogens (tertiary/aromatic N) is 1. The first-order chi connectivity index (χ1) is 12.2. The number of furan rings is 1. The highest BCUT2D eigenvalue weighted by molar-refractivity contribution is 14.0. The highest BCUT2D eigenvalue weighted by Crippen LogP contribution is 2.26. The SMILES string of the molecule is CCNC(=NCCc1ccc2c(c1)CCO2)NC(C)c1ccc(C)o1.I. The van der Waals surface area contributed by atoms with E-state index < -0.39 is 0 Å². The molecule has 1 aliphatic rings. The molecule has 0 bridgehead atoms. The summed E-state index contributed by atoms with van der Waals surface area (Å²) in [5, 5.41) is 6.70. The Morgan fingerprint density at radius 2 is 2.12 bits per heavy atom. The molecular formula is C20H28IN3O2. The van der Waals surface area contributed by atoms with E-state index in [0.29, 0.717) is 0 Å². The van der Waals surface area contributed by atoms with Crippen LogP contribution in [0.15, 0.2) is 39.7 Å². The fourth-order valence-corrected chi connectivity index (χ4v) is 2.97. The lowest BCUT2D eigenvalue weighted by atomic mass is 10.1. The van der Waals surface area contributed by atoms with Gasteiger partial charge in [0.25, 0.3) is 0 Å². The Balaban J connectivity index is 0.00000243. The van der Waals surface area contributed by atoms with E-state index in [1.807, 2.05) is 19.1 Å². The standard InChI is InChI=1S/C20H27N3O2.HI/c1-4-21-20(23-15(3)18-7-5-14(2)25-18)22-11-9-16-6-8-19-17(13-16)10-12-24-19;/h5-8,13,15H,4,9-12H2,1-3H3,(H2,21,22,23);1H. The first-order valence-corrected chi connectivity index (χ1v) is 9.01. The molecule has 0 fully saturated rings. The Labute approximate surface area is 172 Å². The summed E-state index contributed by atoms with van der Waals surface area (Å²) in [6.45, 7) is 8.46. The van der Waals surface area contributed by atoms with Crippen LogP contribution in [0.4, 0.5) is 0 Å². The van der Waals surface area contributed by atoms with Crippen molar-refractivity contribution in [1.29, 1.82) is 0 Å². The van der Waals surface area contributed by atoms with Gasteiger partial charge in [-0.2, -0.15) is 0 Å². The van der Waals surface area contributed by atoms with E-state index in [1.165, 1.54) is 11.1 Å². The summed E-state index contributed by atoms with van der Waals surface area (Å²) in [6.07, 6.45) is 1.93. The lowest BCUT2D eigenvalue weighted by molar-refractivity contribution is 0.357. The van der Waals surface area contributed by atoms with Crippen LogP contribution in [0.1, 0.15) is 42.5 Å². The molecule has 0 amide bonds. The molecule has 6 heteroatoms. The van der Waals surface area contributed by atoms with Gasteiger partial charge >= 0.3 is 0 Å². The molecule has 26 heavy (non-hydrogen) atoms. The van der Waals surface area contributed by atoms with Crippen molar-refractivity contribution in [2.24, 2.45) is 4.99 Å². The van der Waals surface area contributed by atoms with Crippen LogP contribution in [-0.4, -0.2) is 25.7 Å². The number of hydrogen-bond donors (Lipinski definition) is 2. The number of aliphatic imine (C=N–C) groups is 1. The zero-order chi connectivity index (χ0) is 17.6. The maximum Gasteiger partial charge on any atom is 0.191 e. The molecule has 1 aromatic carbocycles. The van der Waals surface area contributed by atoms with E-state index in [-0.39, 0.29) is 30.0 Å². The molecule has 0 saturated heterocycles. The van der Waals surface area contributed by atoms with Crippen molar-refractivity contribution in [3.8, 4) is 5.75 Å². The molecule has 2 aromatic rings. The summed E-state index contributed by atoms with van der Waals surface area (Å²) in [4.78, 5) is 4.70. The first-order valence-electron chi connectivity index (χ1n) is 9.01. The van der Waals surface area contributed by atoms with Crippen molar-refractivity contribution in [3.05, 3.63) is 53.0 Å². The molecule has 0 saturated carbocycles. The molecule has 1 atom stereocenters. The fourth-order valence-electron chi connectivity index (χ4n) is 2.97. The van der Waals surface area contributed by atoms with Gasteiger partial charge in [-0.05, 0) is 56.5 Å². The Bertz CT molecular complexity index is 742. The highest BCUT2D eigenvalue weighted by atomic mass is 127. The molecule has 2 heterocycles. The van der Waals surface area contributed by atoms with Gasteiger partial charge in [-0.1, -0.05) is 12.1 Å². The Kier molecular flexibility index (Phi) is 7.81. The molecule has 0 spiro atoms. The Hall–Kier alpha value is -1.70. The van der Waals surface area contributed by atoms with Gasteiger partial charge < -0.3 is 19.8 Å². The van der Waals surface area contributed by atoms with Crippen LogP contribution in [0.2, 0.25) is 0 Å². The van der Waals surface area contributed by atoms with Crippen LogP contribution in [0, 0.1) is 6.92 Å². The van der Waals surface area contributed by atoms with Crippen LogP contribution in [0.25, 0.3) is 0 Å². The number of aryl methyl sites for hydroxylation is 1. The molecular weight excluding hydrogens is 441 g/mol. The van der Waals surface area contributed by atoms with Gasteiger partial charge in [0.05, 0.1) is 12.6 Å².